The molecule has 8 nitrogen and oxygen atoms in total. The molecule has 0 aliphatic carbocycles. The summed E-state index contributed by atoms with van der Waals surface area (Å²) in [7, 11) is -4.32. The maximum absolute atomic E-state index is 12.4. The highest BCUT2D eigenvalue weighted by atomic mass is 31.2. The molecule has 0 spiro atoms. The van der Waals surface area contributed by atoms with Crippen LogP contribution in [0, 0.1) is 0 Å². The molecule has 0 rings (SSSR count). The van der Waals surface area contributed by atoms with Gasteiger partial charge in [0.05, 0.1) is 19.8 Å². The Morgan fingerprint density at radius 1 is 0.556 bits per heavy atom. The van der Waals surface area contributed by atoms with E-state index in [2.05, 4.69) is 26.0 Å². The van der Waals surface area contributed by atoms with Crippen molar-refractivity contribution < 1.29 is 32.8 Å². The lowest BCUT2D eigenvalue weighted by molar-refractivity contribution is -0.148. The first-order valence-electron chi connectivity index (χ1n) is 21.5. The first kappa shape index (κ1) is 51.9. The van der Waals surface area contributed by atoms with E-state index in [4.69, 9.17) is 24.3 Å². The number of unbranched alkanes of at least 4 members (excludes halogenated alkanes) is 22. The average Bonchev–Trinajstić information content (AvgIpc) is 3.16. The summed E-state index contributed by atoms with van der Waals surface area (Å²) in [6, 6.07) is 0. The minimum atomic E-state index is -4.32. The molecule has 312 valence electrons. The van der Waals surface area contributed by atoms with Gasteiger partial charge < -0.3 is 20.1 Å². The normalized spacial score (nSPS) is 14.2. The molecule has 0 saturated carbocycles. The highest BCUT2D eigenvalue weighted by Crippen LogP contribution is 2.43. The molecule has 0 aromatic heterocycles. The molecule has 0 aromatic carbocycles. The van der Waals surface area contributed by atoms with Crippen LogP contribution in [-0.4, -0.2) is 49.9 Å². The predicted octanol–water partition coefficient (Wildman–Crippen LogP) is 12.7. The molecule has 0 aliphatic rings. The Morgan fingerprint density at radius 2 is 0.981 bits per heavy atom. The summed E-state index contributed by atoms with van der Waals surface area (Å²) in [4.78, 5) is 22.3. The molecule has 0 saturated heterocycles. The lowest BCUT2D eigenvalue weighted by Crippen LogP contribution is -2.28. The van der Waals surface area contributed by atoms with Crippen LogP contribution in [0.1, 0.15) is 168 Å². The number of allylic oxidation sites excluding steroid dienone is 11. The standard InChI is InChI=1S/C45H80NO7P/c1-3-5-7-9-11-13-15-17-19-21-22-23-24-26-28-30-32-34-36-38-45(47)53-44(43-52-54(48,49)51-41-39-46)42-50-40-37-35-33-31-29-27-25-20-18-16-14-12-10-8-6-4-2/h19,21-24,26,28,30,32,34,36,38,44H,3-18,20,25,27,29,31,33,35,37,39-43,46H2,1-2H3,(H,48,49)/t44-/m1/s1. The fourth-order valence-electron chi connectivity index (χ4n) is 5.71. The van der Waals surface area contributed by atoms with Gasteiger partial charge in [0.2, 0.25) is 0 Å². The van der Waals surface area contributed by atoms with Crippen LogP contribution in [0.2, 0.25) is 0 Å². The Balaban J connectivity index is 4.29. The van der Waals surface area contributed by atoms with Crippen LogP contribution in [0.4, 0.5) is 0 Å². The van der Waals surface area contributed by atoms with E-state index in [9.17, 15) is 14.3 Å². The number of rotatable bonds is 40. The summed E-state index contributed by atoms with van der Waals surface area (Å²) in [6.07, 6.45) is 52.7. The van der Waals surface area contributed by atoms with E-state index >= 15 is 0 Å². The maximum atomic E-state index is 12.4. The lowest BCUT2D eigenvalue weighted by Gasteiger charge is -2.19. The molecule has 1 unspecified atom stereocenters. The molecule has 0 fully saturated rings. The van der Waals surface area contributed by atoms with E-state index in [1.807, 2.05) is 36.5 Å². The number of hydrogen-bond donors (Lipinski definition) is 2. The Kier molecular flexibility index (Phi) is 40.5. The van der Waals surface area contributed by atoms with E-state index in [0.29, 0.717) is 6.61 Å². The minimum absolute atomic E-state index is 0.0452. The molecular formula is C45H80NO7P. The van der Waals surface area contributed by atoms with Crippen molar-refractivity contribution in [2.75, 3.05) is 33.0 Å². The maximum Gasteiger partial charge on any atom is 0.472 e. The number of hydrogen-bond acceptors (Lipinski definition) is 7. The Morgan fingerprint density at radius 3 is 1.46 bits per heavy atom. The number of ether oxygens (including phenoxy) is 2. The number of carbonyl (C=O) groups excluding carboxylic acids is 1. The van der Waals surface area contributed by atoms with E-state index < -0.39 is 19.9 Å². The monoisotopic (exact) mass is 778 g/mol. The topological polar surface area (TPSA) is 117 Å². The second-order valence-corrected chi connectivity index (χ2v) is 15.5. The van der Waals surface area contributed by atoms with Gasteiger partial charge in [-0.3, -0.25) is 9.05 Å². The van der Waals surface area contributed by atoms with Gasteiger partial charge >= 0.3 is 13.8 Å². The second-order valence-electron chi connectivity index (χ2n) is 14.1. The SMILES string of the molecule is CCCCCCCCCC=CC=CC=CC=CC=CC=CC(=O)O[C@H](COCCCCCCCCCCCCCCCCCC)COP(=O)(O)OCCN. The fourth-order valence-corrected chi connectivity index (χ4v) is 6.48. The van der Waals surface area contributed by atoms with Crippen molar-refractivity contribution in [3.05, 3.63) is 72.9 Å². The first-order valence-corrected chi connectivity index (χ1v) is 23.0. The minimum Gasteiger partial charge on any atom is -0.454 e. The van der Waals surface area contributed by atoms with Crippen LogP contribution in [-0.2, 0) is 27.9 Å². The molecule has 2 atom stereocenters. The number of nitrogens with two attached hydrogens (primary N) is 1. The number of esters is 1. The van der Waals surface area contributed by atoms with E-state index in [0.717, 1.165) is 19.3 Å². The molecule has 0 heterocycles. The third-order valence-corrected chi connectivity index (χ3v) is 9.85. The van der Waals surface area contributed by atoms with Gasteiger partial charge in [-0.1, -0.05) is 216 Å². The summed E-state index contributed by atoms with van der Waals surface area (Å²) in [5.74, 6) is -0.607. The zero-order chi connectivity index (χ0) is 39.5. The third-order valence-electron chi connectivity index (χ3n) is 8.87. The first-order chi connectivity index (χ1) is 26.4. The van der Waals surface area contributed by atoms with Gasteiger partial charge in [-0.2, -0.15) is 0 Å². The van der Waals surface area contributed by atoms with Gasteiger partial charge in [-0.05, 0) is 19.3 Å². The summed E-state index contributed by atoms with van der Waals surface area (Å²) in [6.45, 7) is 4.69. The van der Waals surface area contributed by atoms with Crippen LogP contribution >= 0.6 is 7.82 Å². The molecule has 0 radical (unpaired) electrons. The van der Waals surface area contributed by atoms with Crippen molar-refractivity contribution in [3.63, 3.8) is 0 Å². The van der Waals surface area contributed by atoms with Crippen molar-refractivity contribution in [3.8, 4) is 0 Å². The highest BCUT2D eigenvalue weighted by Gasteiger charge is 2.24. The van der Waals surface area contributed by atoms with Gasteiger partial charge in [-0.15, -0.1) is 0 Å². The van der Waals surface area contributed by atoms with Gasteiger partial charge in [0, 0.05) is 19.2 Å². The Hall–Kier alpha value is -2.06. The third kappa shape index (κ3) is 41.1. The second kappa shape index (κ2) is 42.1. The van der Waals surface area contributed by atoms with Gasteiger partial charge in [0.1, 0.15) is 6.10 Å². The number of phosphoric ester groups is 1. The quantitative estimate of drug-likeness (QED) is 0.0208. The smallest absolute Gasteiger partial charge is 0.454 e. The van der Waals surface area contributed by atoms with Crippen LogP contribution in [0.3, 0.4) is 0 Å². The molecule has 3 N–H and O–H groups in total. The molecule has 0 aromatic rings. The lowest BCUT2D eigenvalue weighted by atomic mass is 10.0. The van der Waals surface area contributed by atoms with Crippen molar-refractivity contribution in [1.82, 2.24) is 0 Å². The number of carbonyl (C=O) groups is 1. The molecular weight excluding hydrogens is 697 g/mol. The summed E-state index contributed by atoms with van der Waals surface area (Å²) in [5, 5.41) is 0. The van der Waals surface area contributed by atoms with Crippen molar-refractivity contribution >= 4 is 13.8 Å². The zero-order valence-corrected chi connectivity index (χ0v) is 35.3. The zero-order valence-electron chi connectivity index (χ0n) is 34.4. The van der Waals surface area contributed by atoms with E-state index in [1.165, 1.54) is 141 Å². The summed E-state index contributed by atoms with van der Waals surface area (Å²) in [5.41, 5.74) is 5.35. The van der Waals surface area contributed by atoms with Crippen molar-refractivity contribution in [2.24, 2.45) is 5.73 Å². The predicted molar refractivity (Wildman–Crippen MR) is 228 cm³/mol. The van der Waals surface area contributed by atoms with Gasteiger partial charge in [0.15, 0.2) is 0 Å². The fraction of sp³-hybridized carbons (Fsp3) is 0.711. The van der Waals surface area contributed by atoms with Gasteiger partial charge in [-0.25, -0.2) is 9.36 Å². The largest absolute Gasteiger partial charge is 0.472 e. The summed E-state index contributed by atoms with van der Waals surface area (Å²) >= 11 is 0. The van der Waals surface area contributed by atoms with Gasteiger partial charge in [0.25, 0.3) is 0 Å². The molecule has 9 heteroatoms. The average molecular weight is 778 g/mol. The Bertz CT molecular complexity index is 1050. The van der Waals surface area contributed by atoms with E-state index in [-0.39, 0.29) is 26.4 Å². The molecule has 0 amide bonds. The van der Waals surface area contributed by atoms with E-state index in [1.54, 1.807) is 18.2 Å². The van der Waals surface area contributed by atoms with Crippen LogP contribution < -0.4 is 5.73 Å². The van der Waals surface area contributed by atoms with Crippen LogP contribution in [0.15, 0.2) is 72.9 Å². The van der Waals surface area contributed by atoms with Crippen LogP contribution in [0.5, 0.6) is 0 Å². The van der Waals surface area contributed by atoms with Crippen LogP contribution in [0.25, 0.3) is 0 Å². The Labute approximate surface area is 331 Å². The van der Waals surface area contributed by atoms with Crippen molar-refractivity contribution in [1.29, 1.82) is 0 Å². The molecule has 0 bridgehead atoms. The highest BCUT2D eigenvalue weighted by molar-refractivity contribution is 7.47. The molecule has 0 aliphatic heterocycles. The summed E-state index contributed by atoms with van der Waals surface area (Å²) < 4.78 is 33.1. The number of phosphoric acid groups is 1. The van der Waals surface area contributed by atoms with Crippen molar-refractivity contribution in [2.45, 2.75) is 174 Å². The molecule has 54 heavy (non-hydrogen) atoms.